The van der Waals surface area contributed by atoms with E-state index in [0.29, 0.717) is 12.8 Å². The lowest BCUT2D eigenvalue weighted by Gasteiger charge is -2.57. The number of urea groups is 1. The molecule has 1 heterocycles. The van der Waals surface area contributed by atoms with Gasteiger partial charge in [0.05, 0.1) is 4.92 Å². The van der Waals surface area contributed by atoms with E-state index in [9.17, 15) is 24.5 Å². The van der Waals surface area contributed by atoms with Crippen molar-refractivity contribution in [2.45, 2.75) is 50.1 Å². The van der Waals surface area contributed by atoms with E-state index >= 15 is 0 Å². The fourth-order valence-electron chi connectivity index (χ4n) is 5.20. The predicted octanol–water partition coefficient (Wildman–Crippen LogP) is 2.67. The minimum atomic E-state index is -0.694. The van der Waals surface area contributed by atoms with Gasteiger partial charge in [0.1, 0.15) is 11.3 Å². The number of nitro groups is 1. The molecule has 30 heavy (non-hydrogen) atoms. The number of hydrogen-bond donors (Lipinski definition) is 1. The van der Waals surface area contributed by atoms with Gasteiger partial charge in [-0.2, -0.15) is 0 Å². The molecule has 4 amide bonds. The first-order valence-corrected chi connectivity index (χ1v) is 9.95. The van der Waals surface area contributed by atoms with Gasteiger partial charge >= 0.3 is 12.1 Å². The molecular formula is C20H24N4O6. The van der Waals surface area contributed by atoms with Crippen LogP contribution in [0, 0.1) is 15.5 Å². The van der Waals surface area contributed by atoms with Crippen molar-refractivity contribution in [1.82, 2.24) is 15.1 Å². The quantitative estimate of drug-likeness (QED) is 0.459. The van der Waals surface area contributed by atoms with E-state index in [2.05, 4.69) is 5.32 Å². The highest BCUT2D eigenvalue weighted by molar-refractivity contribution is 6.07. The van der Waals surface area contributed by atoms with Crippen LogP contribution < -0.4 is 10.1 Å². The first-order chi connectivity index (χ1) is 14.2. The largest absolute Gasteiger partial charge is 0.412 e. The summed E-state index contributed by atoms with van der Waals surface area (Å²) in [6, 6.07) is 5.05. The zero-order valence-corrected chi connectivity index (χ0v) is 16.9. The zero-order chi connectivity index (χ0) is 21.7. The van der Waals surface area contributed by atoms with Gasteiger partial charge in [-0.3, -0.25) is 19.8 Å². The molecule has 3 fully saturated rings. The second-order valence-electron chi connectivity index (χ2n) is 8.65. The summed E-state index contributed by atoms with van der Waals surface area (Å²) in [5, 5.41) is 13.5. The summed E-state index contributed by atoms with van der Waals surface area (Å²) in [4.78, 5) is 49.7. The number of carbonyl (C=O) groups is 3. The maximum atomic E-state index is 12.6. The highest BCUT2D eigenvalue weighted by Crippen LogP contribution is 2.60. The van der Waals surface area contributed by atoms with Crippen molar-refractivity contribution >= 4 is 23.7 Å². The Morgan fingerprint density at radius 2 is 1.77 bits per heavy atom. The predicted molar refractivity (Wildman–Crippen MR) is 105 cm³/mol. The maximum absolute atomic E-state index is 12.6. The molecule has 1 aromatic rings. The lowest BCUT2D eigenvalue weighted by Crippen LogP contribution is -2.63. The number of nitrogens with one attached hydrogen (secondary N) is 1. The van der Waals surface area contributed by atoms with Crippen LogP contribution in [0.1, 0.15) is 38.5 Å². The Labute approximate surface area is 173 Å². The molecule has 0 aromatic heterocycles. The molecule has 1 N–H and O–H groups in total. The van der Waals surface area contributed by atoms with Crippen molar-refractivity contribution in [2.75, 3.05) is 14.1 Å². The van der Waals surface area contributed by atoms with E-state index in [0.717, 1.165) is 25.7 Å². The van der Waals surface area contributed by atoms with Crippen LogP contribution in [0.3, 0.4) is 0 Å². The first-order valence-electron chi connectivity index (χ1n) is 9.95. The SMILES string of the molecule is CN1C(=O)N(C)C2(CC3(CCC(NC(=O)Oc4ccc([N+](=O)[O-])cc4)CC3)C2)C1=O. The third kappa shape index (κ3) is 3.16. The average Bonchev–Trinajstić information content (AvgIpc) is 2.85. The van der Waals surface area contributed by atoms with Crippen LogP contribution in [0.2, 0.25) is 0 Å². The number of carbonyl (C=O) groups excluding carboxylic acids is 3. The maximum Gasteiger partial charge on any atom is 0.412 e. The number of hydrogen-bond acceptors (Lipinski definition) is 6. The monoisotopic (exact) mass is 416 g/mol. The van der Waals surface area contributed by atoms with Crippen molar-refractivity contribution in [2.24, 2.45) is 5.41 Å². The van der Waals surface area contributed by atoms with Crippen LogP contribution in [-0.2, 0) is 4.79 Å². The second-order valence-corrected chi connectivity index (χ2v) is 8.65. The molecule has 2 aliphatic carbocycles. The van der Waals surface area contributed by atoms with E-state index < -0.39 is 16.6 Å². The van der Waals surface area contributed by atoms with Gasteiger partial charge in [-0.25, -0.2) is 9.59 Å². The van der Waals surface area contributed by atoms with Gasteiger partial charge < -0.3 is 15.0 Å². The van der Waals surface area contributed by atoms with Crippen LogP contribution in [0.25, 0.3) is 0 Å². The Kier molecular flexibility index (Phi) is 4.67. The Bertz CT molecular complexity index is 898. The number of rotatable bonds is 3. The van der Waals surface area contributed by atoms with Crippen LogP contribution in [0.4, 0.5) is 15.3 Å². The highest BCUT2D eigenvalue weighted by atomic mass is 16.6. The lowest BCUT2D eigenvalue weighted by molar-refractivity contribution is -0.384. The molecule has 4 rings (SSSR count). The molecule has 10 nitrogen and oxygen atoms in total. The van der Waals surface area contributed by atoms with Crippen molar-refractivity contribution in [3.63, 3.8) is 0 Å². The van der Waals surface area contributed by atoms with Crippen molar-refractivity contribution in [1.29, 1.82) is 0 Å². The molecule has 0 unspecified atom stereocenters. The Morgan fingerprint density at radius 3 is 2.27 bits per heavy atom. The van der Waals surface area contributed by atoms with Crippen molar-refractivity contribution in [3.05, 3.63) is 34.4 Å². The van der Waals surface area contributed by atoms with E-state index in [1.54, 1.807) is 11.9 Å². The second kappa shape index (κ2) is 6.96. The molecule has 1 saturated heterocycles. The number of ether oxygens (including phenoxy) is 1. The lowest BCUT2D eigenvalue weighted by atomic mass is 9.51. The summed E-state index contributed by atoms with van der Waals surface area (Å²) in [7, 11) is 3.22. The molecule has 0 bridgehead atoms. The first kappa shape index (κ1) is 20.1. The van der Waals surface area contributed by atoms with E-state index in [-0.39, 0.29) is 34.8 Å². The molecule has 1 aliphatic heterocycles. The molecule has 1 aromatic carbocycles. The molecule has 10 heteroatoms. The number of non-ortho nitro benzene ring substituents is 1. The van der Waals surface area contributed by atoms with Crippen molar-refractivity contribution in [3.8, 4) is 5.75 Å². The van der Waals surface area contributed by atoms with Crippen molar-refractivity contribution < 1.29 is 24.0 Å². The molecule has 0 atom stereocenters. The Morgan fingerprint density at radius 1 is 1.17 bits per heavy atom. The topological polar surface area (TPSA) is 122 Å². The number of nitrogens with zero attached hydrogens (tertiary/aromatic N) is 3. The smallest absolute Gasteiger partial charge is 0.410 e. The van der Waals surface area contributed by atoms with Gasteiger partial charge in [-0.15, -0.1) is 0 Å². The molecule has 2 spiro atoms. The van der Waals surface area contributed by atoms with E-state index in [1.807, 2.05) is 0 Å². The number of benzene rings is 1. The average molecular weight is 416 g/mol. The van der Waals surface area contributed by atoms with Crippen LogP contribution >= 0.6 is 0 Å². The zero-order valence-electron chi connectivity index (χ0n) is 16.9. The van der Waals surface area contributed by atoms with Crippen LogP contribution in [-0.4, -0.2) is 58.4 Å². The van der Waals surface area contributed by atoms with Gasteiger partial charge in [-0.1, -0.05) is 0 Å². The third-order valence-electron chi connectivity index (χ3n) is 6.88. The molecular weight excluding hydrogens is 392 g/mol. The highest BCUT2D eigenvalue weighted by Gasteiger charge is 2.66. The minimum absolute atomic E-state index is 0.0287. The fourth-order valence-corrected chi connectivity index (χ4v) is 5.20. The Balaban J connectivity index is 1.27. The minimum Gasteiger partial charge on any atom is -0.410 e. The summed E-state index contributed by atoms with van der Waals surface area (Å²) in [5.41, 5.74) is -0.727. The number of imide groups is 1. The van der Waals surface area contributed by atoms with Gasteiger partial charge in [0, 0.05) is 32.3 Å². The number of likely N-dealkylation sites (N-methyl/N-ethyl adjacent to an activating group) is 2. The van der Waals surface area contributed by atoms with Gasteiger partial charge in [-0.05, 0) is 56.1 Å². The summed E-state index contributed by atoms with van der Waals surface area (Å²) in [5.74, 6) is 0.121. The van der Waals surface area contributed by atoms with Crippen LogP contribution in [0.15, 0.2) is 24.3 Å². The van der Waals surface area contributed by atoms with Gasteiger partial charge in [0.2, 0.25) is 0 Å². The summed E-state index contributed by atoms with van der Waals surface area (Å²) in [6.07, 6.45) is 4.04. The van der Waals surface area contributed by atoms with Gasteiger partial charge in [0.25, 0.3) is 11.6 Å². The molecule has 3 aliphatic rings. The Hall–Kier alpha value is -3.17. The van der Waals surface area contributed by atoms with E-state index in [4.69, 9.17) is 4.74 Å². The molecule has 0 radical (unpaired) electrons. The number of amides is 4. The summed E-state index contributed by atoms with van der Waals surface area (Å²) < 4.78 is 5.21. The summed E-state index contributed by atoms with van der Waals surface area (Å²) >= 11 is 0. The third-order valence-corrected chi connectivity index (χ3v) is 6.88. The molecule has 2 saturated carbocycles. The van der Waals surface area contributed by atoms with E-state index in [1.165, 1.54) is 36.2 Å². The van der Waals surface area contributed by atoms with Gasteiger partial charge in [0.15, 0.2) is 0 Å². The molecule has 160 valence electrons. The normalized spacial score (nSPS) is 30.5. The number of nitro benzene ring substituents is 1. The standard InChI is InChI=1S/C20H24N4O6/c1-22-16(25)20(23(2)18(22)27)11-19(12-20)9-7-13(8-10-19)21-17(26)30-15-5-3-14(4-6-15)24(28)29/h3-6,13H,7-12H2,1-2H3,(H,21,26). The van der Waals surface area contributed by atoms with Crippen LogP contribution in [0.5, 0.6) is 5.75 Å². The summed E-state index contributed by atoms with van der Waals surface area (Å²) in [6.45, 7) is 0. The fraction of sp³-hybridized carbons (Fsp3) is 0.550.